The molecule has 8 heteroatoms. The first-order chi connectivity index (χ1) is 8.45. The second kappa shape index (κ2) is 5.17. The number of hydrogen-bond acceptors (Lipinski definition) is 5. The molecule has 0 amide bonds. The van der Waals surface area contributed by atoms with Gasteiger partial charge in [0.05, 0.1) is 10.0 Å². The number of halogens is 3. The van der Waals surface area contributed by atoms with E-state index in [9.17, 15) is 0 Å². The van der Waals surface area contributed by atoms with Crippen molar-refractivity contribution >= 4 is 50.9 Å². The van der Waals surface area contributed by atoms with Crippen LogP contribution >= 0.6 is 39.1 Å². The number of ether oxygens (including phenoxy) is 1. The lowest BCUT2D eigenvalue weighted by atomic mass is 10.3. The highest BCUT2D eigenvalue weighted by Crippen LogP contribution is 2.36. The van der Waals surface area contributed by atoms with E-state index in [1.54, 1.807) is 12.1 Å². The van der Waals surface area contributed by atoms with Crippen LogP contribution in [0.2, 0.25) is 10.0 Å². The largest absolute Gasteiger partial charge is 0.437 e. The second-order valence-electron chi connectivity index (χ2n) is 3.29. The van der Waals surface area contributed by atoms with Crippen molar-refractivity contribution in [3.05, 3.63) is 32.7 Å². The average Bonchev–Trinajstić information content (AvgIpc) is 2.24. The highest BCUT2D eigenvalue weighted by molar-refractivity contribution is 9.10. The lowest BCUT2D eigenvalue weighted by molar-refractivity contribution is 0.463. The van der Waals surface area contributed by atoms with Gasteiger partial charge in [0.2, 0.25) is 11.8 Å². The van der Waals surface area contributed by atoms with Crippen molar-refractivity contribution < 1.29 is 4.74 Å². The number of nitrogen functional groups attached to an aromatic ring is 2. The first kappa shape index (κ1) is 13.2. The normalized spacial score (nSPS) is 10.4. The average molecular weight is 350 g/mol. The van der Waals surface area contributed by atoms with Crippen molar-refractivity contribution in [1.82, 2.24) is 9.97 Å². The molecule has 0 fully saturated rings. The first-order valence-corrected chi connectivity index (χ1v) is 6.23. The molecule has 5 nitrogen and oxygen atoms in total. The van der Waals surface area contributed by atoms with Gasteiger partial charge in [0, 0.05) is 16.6 Å². The van der Waals surface area contributed by atoms with Crippen molar-refractivity contribution in [2.24, 2.45) is 0 Å². The quantitative estimate of drug-likeness (QED) is 0.810. The molecule has 1 heterocycles. The monoisotopic (exact) mass is 348 g/mol. The predicted molar refractivity (Wildman–Crippen MR) is 75.1 cm³/mol. The molecule has 0 aliphatic carbocycles. The van der Waals surface area contributed by atoms with Crippen LogP contribution in [0.15, 0.2) is 22.7 Å². The second-order valence-corrected chi connectivity index (χ2v) is 4.96. The number of anilines is 2. The molecule has 1 aromatic heterocycles. The highest BCUT2D eigenvalue weighted by atomic mass is 79.9. The van der Waals surface area contributed by atoms with Gasteiger partial charge in [-0.3, -0.25) is 0 Å². The standard InChI is InChI=1S/C10H7BrCl2N4O/c11-4-1-6(13)7(2-5(4)12)18-9-3-8(14)16-10(15)17-9/h1-3H,(H4,14,15,16,17). The minimum atomic E-state index is 0.0179. The summed E-state index contributed by atoms with van der Waals surface area (Å²) < 4.78 is 6.13. The fourth-order valence-corrected chi connectivity index (χ4v) is 2.04. The molecule has 0 aliphatic rings. The van der Waals surface area contributed by atoms with E-state index in [1.165, 1.54) is 6.07 Å². The summed E-state index contributed by atoms with van der Waals surface area (Å²) >= 11 is 15.2. The van der Waals surface area contributed by atoms with Crippen LogP contribution in [-0.4, -0.2) is 9.97 Å². The van der Waals surface area contributed by atoms with E-state index in [0.29, 0.717) is 20.3 Å². The van der Waals surface area contributed by atoms with Crippen LogP contribution in [-0.2, 0) is 0 Å². The van der Waals surface area contributed by atoms with Gasteiger partial charge in [-0.05, 0) is 22.0 Å². The van der Waals surface area contributed by atoms with Gasteiger partial charge in [0.15, 0.2) is 0 Å². The summed E-state index contributed by atoms with van der Waals surface area (Å²) in [4.78, 5) is 7.60. The van der Waals surface area contributed by atoms with E-state index < -0.39 is 0 Å². The Morgan fingerprint density at radius 2 is 1.78 bits per heavy atom. The maximum Gasteiger partial charge on any atom is 0.226 e. The van der Waals surface area contributed by atoms with Crippen LogP contribution in [0.25, 0.3) is 0 Å². The van der Waals surface area contributed by atoms with Crippen LogP contribution in [0.3, 0.4) is 0 Å². The molecule has 0 spiro atoms. The highest BCUT2D eigenvalue weighted by Gasteiger charge is 2.09. The van der Waals surface area contributed by atoms with Gasteiger partial charge < -0.3 is 16.2 Å². The third kappa shape index (κ3) is 2.95. The molecule has 0 unspecified atom stereocenters. The predicted octanol–water partition coefficient (Wildman–Crippen LogP) is 3.50. The van der Waals surface area contributed by atoms with Gasteiger partial charge in [0.1, 0.15) is 11.6 Å². The van der Waals surface area contributed by atoms with Crippen LogP contribution in [0, 0.1) is 0 Å². The van der Waals surface area contributed by atoms with Gasteiger partial charge in [0.25, 0.3) is 0 Å². The molecular weight excluding hydrogens is 343 g/mol. The van der Waals surface area contributed by atoms with Crippen molar-refractivity contribution in [2.75, 3.05) is 11.5 Å². The van der Waals surface area contributed by atoms with E-state index in [1.807, 2.05) is 0 Å². The smallest absolute Gasteiger partial charge is 0.226 e. The van der Waals surface area contributed by atoms with Crippen LogP contribution in [0.5, 0.6) is 11.6 Å². The molecule has 0 bridgehead atoms. The third-order valence-electron chi connectivity index (χ3n) is 1.93. The molecule has 2 rings (SSSR count). The van der Waals surface area contributed by atoms with Gasteiger partial charge in [-0.15, -0.1) is 0 Å². The van der Waals surface area contributed by atoms with Crippen molar-refractivity contribution in [2.45, 2.75) is 0 Å². The van der Waals surface area contributed by atoms with Gasteiger partial charge in [-0.25, -0.2) is 0 Å². The summed E-state index contributed by atoms with van der Waals surface area (Å²) in [5, 5.41) is 0.839. The van der Waals surface area contributed by atoms with Crippen LogP contribution in [0.1, 0.15) is 0 Å². The maximum atomic E-state index is 6.01. The molecule has 4 N–H and O–H groups in total. The Bertz CT molecular complexity index is 588. The van der Waals surface area contributed by atoms with Crippen LogP contribution < -0.4 is 16.2 Å². The number of nitrogens with zero attached hydrogens (tertiary/aromatic N) is 2. The topological polar surface area (TPSA) is 87.0 Å². The zero-order valence-corrected chi connectivity index (χ0v) is 11.9. The van der Waals surface area contributed by atoms with Crippen LogP contribution in [0.4, 0.5) is 11.8 Å². The summed E-state index contributed by atoms with van der Waals surface area (Å²) in [5.41, 5.74) is 11.0. The summed E-state index contributed by atoms with van der Waals surface area (Å²) in [6.07, 6.45) is 0. The molecule has 0 atom stereocenters. The summed E-state index contributed by atoms with van der Waals surface area (Å²) in [7, 11) is 0. The van der Waals surface area contributed by atoms with E-state index in [2.05, 4.69) is 25.9 Å². The fourth-order valence-electron chi connectivity index (χ4n) is 1.21. The lowest BCUT2D eigenvalue weighted by Gasteiger charge is -2.08. The molecule has 18 heavy (non-hydrogen) atoms. The van der Waals surface area contributed by atoms with Crippen molar-refractivity contribution in [3.63, 3.8) is 0 Å². The van der Waals surface area contributed by atoms with Gasteiger partial charge in [-0.1, -0.05) is 23.2 Å². The molecule has 94 valence electrons. The number of aromatic nitrogens is 2. The number of rotatable bonds is 2. The number of nitrogens with two attached hydrogens (primary N) is 2. The van der Waals surface area contributed by atoms with E-state index in [-0.39, 0.29) is 17.6 Å². The number of benzene rings is 1. The van der Waals surface area contributed by atoms with Gasteiger partial charge in [-0.2, -0.15) is 9.97 Å². The minimum Gasteiger partial charge on any atom is -0.437 e. The molecule has 0 saturated carbocycles. The van der Waals surface area contributed by atoms with Crippen molar-refractivity contribution in [3.8, 4) is 11.6 Å². The third-order valence-corrected chi connectivity index (χ3v) is 3.42. The summed E-state index contributed by atoms with van der Waals surface area (Å²) in [5.74, 6) is 0.767. The molecule has 0 aliphatic heterocycles. The Morgan fingerprint density at radius 3 is 2.44 bits per heavy atom. The Balaban J connectivity index is 2.36. The molecule has 0 saturated heterocycles. The SMILES string of the molecule is Nc1cc(Oc2cc(Cl)c(Br)cc2Cl)nc(N)n1. The first-order valence-electron chi connectivity index (χ1n) is 4.68. The Hall–Kier alpha value is -1.24. The lowest BCUT2D eigenvalue weighted by Crippen LogP contribution is -2.01. The maximum absolute atomic E-state index is 6.01. The Kier molecular flexibility index (Phi) is 3.79. The zero-order valence-electron chi connectivity index (χ0n) is 8.82. The minimum absolute atomic E-state index is 0.0179. The summed E-state index contributed by atoms with van der Waals surface area (Å²) in [6, 6.07) is 4.61. The molecule has 0 radical (unpaired) electrons. The van der Waals surface area contributed by atoms with E-state index in [4.69, 9.17) is 39.4 Å². The summed E-state index contributed by atoms with van der Waals surface area (Å²) in [6.45, 7) is 0. The van der Waals surface area contributed by atoms with Gasteiger partial charge >= 0.3 is 0 Å². The molecule has 1 aromatic carbocycles. The van der Waals surface area contributed by atoms with E-state index in [0.717, 1.165) is 0 Å². The van der Waals surface area contributed by atoms with E-state index >= 15 is 0 Å². The fraction of sp³-hybridized carbons (Fsp3) is 0. The Morgan fingerprint density at radius 1 is 1.06 bits per heavy atom. The molecule has 2 aromatic rings. The zero-order chi connectivity index (χ0) is 13.3. The van der Waals surface area contributed by atoms with Crippen molar-refractivity contribution in [1.29, 1.82) is 0 Å². The molecular formula is C10H7BrCl2N4O. The Labute approximate surface area is 121 Å². The number of hydrogen-bond donors (Lipinski definition) is 2.